The number of nitrogens with zero attached hydrogens (tertiary/aromatic N) is 4. The van der Waals surface area contributed by atoms with Gasteiger partial charge in [0, 0.05) is 29.6 Å². The molecule has 0 saturated heterocycles. The maximum atomic E-state index is 8.75. The molecule has 0 atom stereocenters. The van der Waals surface area contributed by atoms with Crippen LogP contribution in [0.3, 0.4) is 0 Å². The number of aromatic amines is 1. The van der Waals surface area contributed by atoms with E-state index in [1.165, 1.54) is 18.5 Å². The lowest BCUT2D eigenvalue weighted by atomic mass is 10.0. The van der Waals surface area contributed by atoms with Crippen molar-refractivity contribution in [2.75, 3.05) is 10.6 Å². The van der Waals surface area contributed by atoms with Crippen LogP contribution in [0.4, 0.5) is 17.6 Å². The maximum absolute atomic E-state index is 8.75. The molecule has 4 rings (SSSR count). The summed E-state index contributed by atoms with van der Waals surface area (Å²) in [7, 11) is 0. The topological polar surface area (TPSA) is 102 Å². The Labute approximate surface area is 145 Å². The lowest BCUT2D eigenvalue weighted by molar-refractivity contribution is 0.880. The molecule has 2 aromatic heterocycles. The van der Waals surface area contributed by atoms with Gasteiger partial charge in [-0.3, -0.25) is 5.10 Å². The normalized spacial score (nSPS) is 16.6. The number of nitrogens with one attached hydrogen (secondary N) is 3. The van der Waals surface area contributed by atoms with Gasteiger partial charge in [0.15, 0.2) is 5.82 Å². The van der Waals surface area contributed by atoms with Crippen molar-refractivity contribution in [2.24, 2.45) is 0 Å². The maximum Gasteiger partial charge on any atom is 0.228 e. The van der Waals surface area contributed by atoms with Crippen LogP contribution in [0.15, 0.2) is 41.8 Å². The van der Waals surface area contributed by atoms with Gasteiger partial charge in [-0.15, -0.1) is 0 Å². The van der Waals surface area contributed by atoms with E-state index in [4.69, 9.17) is 5.26 Å². The summed E-state index contributed by atoms with van der Waals surface area (Å²) >= 11 is 0. The molecular weight excluding hydrogens is 314 g/mol. The first-order valence-electron chi connectivity index (χ1n) is 8.48. The van der Waals surface area contributed by atoms with Gasteiger partial charge in [-0.05, 0) is 37.8 Å². The van der Waals surface area contributed by atoms with Crippen molar-refractivity contribution >= 4 is 17.6 Å². The SMILES string of the molecule is N#CCC1=CC=C(Nc2nccc(Nc3cc(C4CC4)[nH]n3)n2)CC1. The highest BCUT2D eigenvalue weighted by Crippen LogP contribution is 2.39. The van der Waals surface area contributed by atoms with Gasteiger partial charge in [0.05, 0.1) is 12.5 Å². The molecule has 0 amide bonds. The number of nitriles is 1. The number of H-pyrrole nitrogens is 1. The van der Waals surface area contributed by atoms with Crippen molar-refractivity contribution in [2.45, 2.75) is 38.0 Å². The van der Waals surface area contributed by atoms with Crippen molar-refractivity contribution < 1.29 is 0 Å². The second-order valence-electron chi connectivity index (χ2n) is 6.35. The van der Waals surface area contributed by atoms with Gasteiger partial charge < -0.3 is 10.6 Å². The zero-order valence-corrected chi connectivity index (χ0v) is 13.8. The average Bonchev–Trinajstić information content (AvgIpc) is 3.37. The van der Waals surface area contributed by atoms with Crippen LogP contribution in [0, 0.1) is 11.3 Å². The van der Waals surface area contributed by atoms with Crippen LogP contribution in [-0.4, -0.2) is 20.2 Å². The summed E-state index contributed by atoms with van der Waals surface area (Å²) < 4.78 is 0. The molecule has 0 radical (unpaired) electrons. The van der Waals surface area contributed by atoms with Crippen LogP contribution < -0.4 is 10.6 Å². The van der Waals surface area contributed by atoms with Crippen molar-refractivity contribution in [1.29, 1.82) is 5.26 Å². The first-order valence-corrected chi connectivity index (χ1v) is 8.48. The molecule has 25 heavy (non-hydrogen) atoms. The highest BCUT2D eigenvalue weighted by Gasteiger charge is 2.25. The fourth-order valence-electron chi connectivity index (χ4n) is 2.80. The van der Waals surface area contributed by atoms with E-state index in [-0.39, 0.29) is 0 Å². The molecule has 1 saturated carbocycles. The average molecular weight is 333 g/mol. The number of hydrogen-bond donors (Lipinski definition) is 3. The largest absolute Gasteiger partial charge is 0.328 e. The van der Waals surface area contributed by atoms with Crippen LogP contribution in [0.2, 0.25) is 0 Å². The molecule has 3 N–H and O–H groups in total. The van der Waals surface area contributed by atoms with Crippen LogP contribution in [0.25, 0.3) is 0 Å². The summed E-state index contributed by atoms with van der Waals surface area (Å²) in [6.07, 6.45) is 10.4. The van der Waals surface area contributed by atoms with E-state index >= 15 is 0 Å². The minimum absolute atomic E-state index is 0.492. The van der Waals surface area contributed by atoms with Gasteiger partial charge in [0.2, 0.25) is 5.95 Å². The van der Waals surface area contributed by atoms with Crippen molar-refractivity contribution in [3.05, 3.63) is 47.4 Å². The second kappa shape index (κ2) is 6.77. The number of anilines is 3. The number of allylic oxidation sites excluding steroid dienone is 4. The number of hydrogen-bond acceptors (Lipinski definition) is 6. The quantitative estimate of drug-likeness (QED) is 0.744. The van der Waals surface area contributed by atoms with Gasteiger partial charge in [0.25, 0.3) is 0 Å². The second-order valence-corrected chi connectivity index (χ2v) is 6.35. The fraction of sp³-hybridized carbons (Fsp3) is 0.333. The summed E-state index contributed by atoms with van der Waals surface area (Å²) in [5.74, 6) is 2.66. The molecule has 0 aliphatic heterocycles. The minimum Gasteiger partial charge on any atom is -0.328 e. The van der Waals surface area contributed by atoms with Crippen molar-refractivity contribution in [3.8, 4) is 6.07 Å². The Balaban J connectivity index is 1.41. The van der Waals surface area contributed by atoms with Crippen LogP contribution in [0.1, 0.15) is 43.7 Å². The first kappa shape index (κ1) is 15.4. The number of aromatic nitrogens is 4. The van der Waals surface area contributed by atoms with E-state index in [0.29, 0.717) is 24.1 Å². The molecule has 7 nitrogen and oxygen atoms in total. The minimum atomic E-state index is 0.492. The molecule has 2 aliphatic carbocycles. The summed E-state index contributed by atoms with van der Waals surface area (Å²) in [5, 5.41) is 22.6. The van der Waals surface area contributed by atoms with E-state index in [9.17, 15) is 0 Å². The lowest BCUT2D eigenvalue weighted by Crippen LogP contribution is -2.07. The highest BCUT2D eigenvalue weighted by atomic mass is 15.2. The molecule has 0 unspecified atom stereocenters. The summed E-state index contributed by atoms with van der Waals surface area (Å²) in [5.41, 5.74) is 3.39. The van der Waals surface area contributed by atoms with Crippen molar-refractivity contribution in [1.82, 2.24) is 20.2 Å². The summed E-state index contributed by atoms with van der Waals surface area (Å²) in [6, 6.07) is 6.04. The summed E-state index contributed by atoms with van der Waals surface area (Å²) in [6.45, 7) is 0. The molecule has 2 aromatic rings. The summed E-state index contributed by atoms with van der Waals surface area (Å²) in [4.78, 5) is 8.76. The van der Waals surface area contributed by atoms with Gasteiger partial charge in [0.1, 0.15) is 5.82 Å². The molecule has 2 heterocycles. The van der Waals surface area contributed by atoms with Crippen LogP contribution in [-0.2, 0) is 0 Å². The Morgan fingerprint density at radius 1 is 1.20 bits per heavy atom. The van der Waals surface area contributed by atoms with Gasteiger partial charge >= 0.3 is 0 Å². The first-order chi connectivity index (χ1) is 12.3. The van der Waals surface area contributed by atoms with E-state index < -0.39 is 0 Å². The predicted molar refractivity (Wildman–Crippen MR) is 95.1 cm³/mol. The Kier molecular flexibility index (Phi) is 4.17. The van der Waals surface area contributed by atoms with Crippen LogP contribution >= 0.6 is 0 Å². The van der Waals surface area contributed by atoms with Crippen LogP contribution in [0.5, 0.6) is 0 Å². The van der Waals surface area contributed by atoms with Gasteiger partial charge in [-0.25, -0.2) is 4.98 Å². The monoisotopic (exact) mass is 333 g/mol. The third-order valence-electron chi connectivity index (χ3n) is 4.34. The molecule has 2 aliphatic rings. The van der Waals surface area contributed by atoms with Crippen molar-refractivity contribution in [3.63, 3.8) is 0 Å². The smallest absolute Gasteiger partial charge is 0.228 e. The van der Waals surface area contributed by atoms with E-state index in [0.717, 1.165) is 29.9 Å². The molecule has 0 aromatic carbocycles. The standard InChI is InChI=1S/C18H19N7/c19-9-7-12-1-5-14(6-2-12)21-18-20-10-8-16(23-18)22-17-11-15(24-25-17)13-3-4-13/h1,5,8,10-11,13H,2-4,6-7H2,(H3,20,21,22,23,24,25). The molecule has 7 heteroatoms. The Bertz CT molecular complexity index is 868. The Morgan fingerprint density at radius 2 is 2.12 bits per heavy atom. The third-order valence-corrected chi connectivity index (χ3v) is 4.34. The Morgan fingerprint density at radius 3 is 2.88 bits per heavy atom. The number of rotatable bonds is 6. The fourth-order valence-corrected chi connectivity index (χ4v) is 2.80. The zero-order chi connectivity index (χ0) is 17.1. The predicted octanol–water partition coefficient (Wildman–Crippen LogP) is 3.75. The lowest BCUT2D eigenvalue weighted by Gasteiger charge is -2.14. The molecule has 0 spiro atoms. The van der Waals surface area contributed by atoms with Gasteiger partial charge in [-0.2, -0.15) is 15.3 Å². The Hall–Kier alpha value is -3.14. The molecule has 126 valence electrons. The third kappa shape index (κ3) is 3.86. The molecular formula is C18H19N7. The van der Waals surface area contributed by atoms with E-state index in [1.54, 1.807) is 6.20 Å². The van der Waals surface area contributed by atoms with Gasteiger partial charge in [-0.1, -0.05) is 11.6 Å². The van der Waals surface area contributed by atoms with E-state index in [2.05, 4.69) is 36.9 Å². The molecule has 0 bridgehead atoms. The highest BCUT2D eigenvalue weighted by molar-refractivity contribution is 5.54. The van der Waals surface area contributed by atoms with E-state index in [1.807, 2.05) is 24.3 Å². The zero-order valence-electron chi connectivity index (χ0n) is 13.8. The molecule has 1 fully saturated rings.